The van der Waals surface area contributed by atoms with Crippen molar-refractivity contribution in [3.05, 3.63) is 22.7 Å². The number of benzene rings is 1. The third kappa shape index (κ3) is 6.18. The molecule has 19 heavy (non-hydrogen) atoms. The molecule has 1 atom stereocenters. The van der Waals surface area contributed by atoms with Crippen molar-refractivity contribution in [2.45, 2.75) is 39.6 Å². The van der Waals surface area contributed by atoms with E-state index in [2.05, 4.69) is 39.8 Å². The molecule has 0 fully saturated rings. The molecule has 0 bridgehead atoms. The van der Waals surface area contributed by atoms with Crippen LogP contribution in [0.3, 0.4) is 0 Å². The van der Waals surface area contributed by atoms with Gasteiger partial charge in [-0.05, 0) is 53.4 Å². The lowest BCUT2D eigenvalue weighted by Gasteiger charge is -2.18. The van der Waals surface area contributed by atoms with Crippen LogP contribution in [0, 0.1) is 5.92 Å². The highest BCUT2D eigenvalue weighted by atomic mass is 79.9. The smallest absolute Gasteiger partial charge is 0.405 e. The molecule has 0 aliphatic carbocycles. The van der Waals surface area contributed by atoms with Crippen LogP contribution in [0.25, 0.3) is 0 Å². The zero-order chi connectivity index (χ0) is 14.6. The van der Waals surface area contributed by atoms with Gasteiger partial charge in [0.2, 0.25) is 0 Å². The molecule has 0 heterocycles. The predicted octanol–water partition coefficient (Wildman–Crippen LogP) is 5.19. The Morgan fingerprint density at radius 3 is 2.37 bits per heavy atom. The Morgan fingerprint density at radius 2 is 1.89 bits per heavy atom. The monoisotopic (exact) mass is 339 g/mol. The van der Waals surface area contributed by atoms with E-state index in [0.717, 1.165) is 12.1 Å². The first-order chi connectivity index (χ1) is 8.67. The van der Waals surface area contributed by atoms with Crippen LogP contribution in [-0.4, -0.2) is 12.4 Å². The molecule has 0 amide bonds. The summed E-state index contributed by atoms with van der Waals surface area (Å²) in [7, 11) is 0. The van der Waals surface area contributed by atoms with Crippen LogP contribution in [0.2, 0.25) is 0 Å². The first kappa shape index (κ1) is 16.1. The van der Waals surface area contributed by atoms with Gasteiger partial charge in [0.1, 0.15) is 5.75 Å². The van der Waals surface area contributed by atoms with E-state index in [1.165, 1.54) is 6.07 Å². The highest BCUT2D eigenvalue weighted by Gasteiger charge is 2.31. The minimum atomic E-state index is -4.68. The molecular formula is C13H17BrF3NO. The average molecular weight is 340 g/mol. The van der Waals surface area contributed by atoms with Gasteiger partial charge in [-0.25, -0.2) is 0 Å². The fraction of sp³-hybridized carbons (Fsp3) is 0.538. The maximum Gasteiger partial charge on any atom is 0.573 e. The molecule has 0 saturated heterocycles. The van der Waals surface area contributed by atoms with Gasteiger partial charge in [0.05, 0.1) is 4.47 Å². The van der Waals surface area contributed by atoms with Crippen LogP contribution in [0.5, 0.6) is 5.75 Å². The molecule has 2 nitrogen and oxygen atoms in total. The molecule has 1 aromatic carbocycles. The van der Waals surface area contributed by atoms with E-state index in [-0.39, 0.29) is 16.3 Å². The van der Waals surface area contributed by atoms with E-state index in [1.807, 2.05) is 6.92 Å². The summed E-state index contributed by atoms with van der Waals surface area (Å²) < 4.78 is 40.5. The number of rotatable bonds is 5. The molecule has 108 valence electrons. The summed E-state index contributed by atoms with van der Waals surface area (Å²) >= 11 is 3.08. The molecule has 1 aromatic rings. The fourth-order valence-corrected chi connectivity index (χ4v) is 2.31. The zero-order valence-electron chi connectivity index (χ0n) is 11.0. The lowest BCUT2D eigenvalue weighted by molar-refractivity contribution is -0.274. The number of hydrogen-bond acceptors (Lipinski definition) is 2. The van der Waals surface area contributed by atoms with Crippen LogP contribution in [0.4, 0.5) is 18.9 Å². The van der Waals surface area contributed by atoms with Crippen LogP contribution >= 0.6 is 15.9 Å². The number of hydrogen-bond donors (Lipinski definition) is 1. The molecule has 1 rings (SSSR count). The zero-order valence-corrected chi connectivity index (χ0v) is 12.6. The molecule has 0 aliphatic heterocycles. The molecule has 1 N–H and O–H groups in total. The summed E-state index contributed by atoms with van der Waals surface area (Å²) in [6.45, 7) is 6.27. The van der Waals surface area contributed by atoms with Crippen LogP contribution < -0.4 is 10.1 Å². The van der Waals surface area contributed by atoms with Crippen molar-refractivity contribution >= 4 is 21.6 Å². The summed E-state index contributed by atoms with van der Waals surface area (Å²) in [5.74, 6) is 0.313. The summed E-state index contributed by atoms with van der Waals surface area (Å²) in [6, 6.07) is 4.70. The van der Waals surface area contributed by atoms with Crippen molar-refractivity contribution in [2.24, 2.45) is 5.92 Å². The van der Waals surface area contributed by atoms with Gasteiger partial charge in [-0.2, -0.15) is 0 Å². The summed E-state index contributed by atoms with van der Waals surface area (Å²) in [6.07, 6.45) is -3.69. The van der Waals surface area contributed by atoms with Gasteiger partial charge in [-0.1, -0.05) is 13.8 Å². The van der Waals surface area contributed by atoms with Crippen molar-refractivity contribution in [2.75, 3.05) is 5.32 Å². The number of alkyl halides is 3. The highest BCUT2D eigenvalue weighted by Crippen LogP contribution is 2.32. The lowest BCUT2D eigenvalue weighted by Crippen LogP contribution is -2.18. The Kier molecular flexibility index (Phi) is 5.52. The quantitative estimate of drug-likeness (QED) is 0.796. The first-order valence-electron chi connectivity index (χ1n) is 5.99. The van der Waals surface area contributed by atoms with Crippen molar-refractivity contribution in [3.8, 4) is 5.75 Å². The second kappa shape index (κ2) is 6.50. The van der Waals surface area contributed by atoms with E-state index >= 15 is 0 Å². The Balaban J connectivity index is 2.71. The Hall–Kier alpha value is -0.910. The molecule has 1 unspecified atom stereocenters. The van der Waals surface area contributed by atoms with Crippen LogP contribution in [0.1, 0.15) is 27.2 Å². The average Bonchev–Trinajstić information content (AvgIpc) is 2.19. The van der Waals surface area contributed by atoms with Gasteiger partial charge in [-0.3, -0.25) is 0 Å². The molecule has 0 aromatic heterocycles. The van der Waals surface area contributed by atoms with E-state index < -0.39 is 6.36 Å². The highest BCUT2D eigenvalue weighted by molar-refractivity contribution is 9.10. The van der Waals surface area contributed by atoms with Crippen molar-refractivity contribution in [1.29, 1.82) is 0 Å². The second-order valence-corrected chi connectivity index (χ2v) is 5.72. The van der Waals surface area contributed by atoms with Crippen molar-refractivity contribution in [3.63, 3.8) is 0 Å². The molecular weight excluding hydrogens is 323 g/mol. The fourth-order valence-electron chi connectivity index (χ4n) is 1.85. The van der Waals surface area contributed by atoms with Gasteiger partial charge in [-0.15, -0.1) is 13.2 Å². The minimum absolute atomic E-state index is 0.241. The predicted molar refractivity (Wildman–Crippen MR) is 73.4 cm³/mol. The summed E-state index contributed by atoms with van der Waals surface area (Å²) in [4.78, 5) is 0. The summed E-state index contributed by atoms with van der Waals surface area (Å²) in [5, 5.41) is 3.24. The second-order valence-electron chi connectivity index (χ2n) is 4.87. The van der Waals surface area contributed by atoms with E-state index in [1.54, 1.807) is 12.1 Å². The molecule has 6 heteroatoms. The van der Waals surface area contributed by atoms with Gasteiger partial charge in [0.25, 0.3) is 0 Å². The van der Waals surface area contributed by atoms with Crippen LogP contribution in [-0.2, 0) is 0 Å². The number of anilines is 1. The standard InChI is InChI=1S/C13H17BrF3NO/c1-8(2)6-9(3)18-10-4-5-12(11(14)7-10)19-13(15,16)17/h4-5,7-9,18H,6H2,1-3H3. The maximum atomic E-state index is 12.1. The SMILES string of the molecule is CC(C)CC(C)Nc1ccc(OC(F)(F)F)c(Br)c1. The number of ether oxygens (including phenoxy) is 1. The molecule has 0 saturated carbocycles. The van der Waals surface area contributed by atoms with E-state index in [9.17, 15) is 13.2 Å². The third-order valence-corrected chi connectivity index (χ3v) is 3.02. The normalized spacial score (nSPS) is 13.5. The number of halogens is 4. The third-order valence-electron chi connectivity index (χ3n) is 2.40. The Labute approximate surface area is 119 Å². The largest absolute Gasteiger partial charge is 0.573 e. The number of nitrogens with one attached hydrogen (secondary N) is 1. The van der Waals surface area contributed by atoms with Crippen molar-refractivity contribution in [1.82, 2.24) is 0 Å². The van der Waals surface area contributed by atoms with E-state index in [0.29, 0.717) is 5.92 Å². The van der Waals surface area contributed by atoms with Crippen molar-refractivity contribution < 1.29 is 17.9 Å². The van der Waals surface area contributed by atoms with Gasteiger partial charge < -0.3 is 10.1 Å². The molecule has 0 radical (unpaired) electrons. The van der Waals surface area contributed by atoms with Crippen LogP contribution in [0.15, 0.2) is 22.7 Å². The minimum Gasteiger partial charge on any atom is -0.405 e. The maximum absolute atomic E-state index is 12.1. The molecule has 0 spiro atoms. The van der Waals surface area contributed by atoms with Gasteiger partial charge >= 0.3 is 6.36 Å². The van der Waals surface area contributed by atoms with Gasteiger partial charge in [0, 0.05) is 11.7 Å². The lowest BCUT2D eigenvalue weighted by atomic mass is 10.1. The summed E-state index contributed by atoms with van der Waals surface area (Å²) in [5.41, 5.74) is 0.759. The topological polar surface area (TPSA) is 21.3 Å². The van der Waals surface area contributed by atoms with Gasteiger partial charge in [0.15, 0.2) is 0 Å². The molecule has 0 aliphatic rings. The Bertz CT molecular complexity index is 421. The Morgan fingerprint density at radius 1 is 1.26 bits per heavy atom. The van der Waals surface area contributed by atoms with E-state index in [4.69, 9.17) is 0 Å². The first-order valence-corrected chi connectivity index (χ1v) is 6.78.